The minimum atomic E-state index is -1.26. The van der Waals surface area contributed by atoms with Gasteiger partial charge in [0.2, 0.25) is 0 Å². The van der Waals surface area contributed by atoms with Gasteiger partial charge in [-0.1, -0.05) is 60.6 Å². The number of esters is 1. The Morgan fingerprint density at radius 2 is 1.72 bits per heavy atom. The summed E-state index contributed by atoms with van der Waals surface area (Å²) in [5.74, 6) is -0.573. The maximum atomic E-state index is 14.0. The number of fused-ring (bicyclic) bond motifs is 1. The molecule has 1 saturated heterocycles. The molecule has 0 spiro atoms. The number of carbonyl (C=O) groups is 2. The fourth-order valence-corrected chi connectivity index (χ4v) is 5.92. The first-order valence-electron chi connectivity index (χ1n) is 11.7. The van der Waals surface area contributed by atoms with E-state index in [0.717, 1.165) is 35.8 Å². The Kier molecular flexibility index (Phi) is 7.53. The van der Waals surface area contributed by atoms with Crippen molar-refractivity contribution in [2.45, 2.75) is 48.7 Å². The number of thioether (sulfide) groups is 1. The topological polar surface area (TPSA) is 49.9 Å². The van der Waals surface area contributed by atoms with Gasteiger partial charge in [0.1, 0.15) is 0 Å². The van der Waals surface area contributed by atoms with Crippen molar-refractivity contribution in [2.24, 2.45) is 0 Å². The summed E-state index contributed by atoms with van der Waals surface area (Å²) in [5, 5.41) is 0. The number of para-hydroxylation sites is 1. The second-order valence-electron chi connectivity index (χ2n) is 8.46. The monoisotopic (exact) mass is 452 g/mol. The van der Waals surface area contributed by atoms with Gasteiger partial charge in [0, 0.05) is 18.0 Å². The third-order valence-electron chi connectivity index (χ3n) is 6.33. The van der Waals surface area contributed by atoms with Crippen LogP contribution in [-0.2, 0) is 20.7 Å². The fourth-order valence-electron chi connectivity index (χ4n) is 4.57. The summed E-state index contributed by atoms with van der Waals surface area (Å²) in [6.07, 6.45) is 4.76. The molecule has 0 aromatic heterocycles. The Labute approximate surface area is 195 Å². The molecule has 1 fully saturated rings. The number of likely N-dealkylation sites (tertiary alicyclic amines) is 1. The van der Waals surface area contributed by atoms with Gasteiger partial charge < -0.3 is 14.5 Å². The van der Waals surface area contributed by atoms with E-state index in [2.05, 4.69) is 4.90 Å². The molecule has 0 radical (unpaired) electrons. The van der Waals surface area contributed by atoms with Crippen LogP contribution in [0.15, 0.2) is 59.5 Å². The Morgan fingerprint density at radius 1 is 1.00 bits per heavy atom. The first-order chi connectivity index (χ1) is 15.6. The number of piperidine rings is 1. The molecule has 0 N–H and O–H groups in total. The number of carbonyl (C=O) groups excluding carboxylic acids is 2. The van der Waals surface area contributed by atoms with E-state index in [0.29, 0.717) is 19.4 Å². The molecule has 2 heterocycles. The SMILES string of the molecule is CCOC(=O)C1(CCc2ccccc2)Sc2ccccc2N(CCN2CCCCC2)C1=O. The van der Waals surface area contributed by atoms with Crippen molar-refractivity contribution in [2.75, 3.05) is 37.7 Å². The van der Waals surface area contributed by atoms with Crippen LogP contribution in [0.2, 0.25) is 0 Å². The molecular weight excluding hydrogens is 420 g/mol. The molecule has 2 aliphatic rings. The highest BCUT2D eigenvalue weighted by Gasteiger charge is 2.53. The van der Waals surface area contributed by atoms with E-state index in [1.165, 1.54) is 31.0 Å². The Morgan fingerprint density at radius 3 is 2.47 bits per heavy atom. The lowest BCUT2D eigenvalue weighted by molar-refractivity contribution is -0.149. The van der Waals surface area contributed by atoms with E-state index < -0.39 is 10.7 Å². The van der Waals surface area contributed by atoms with E-state index in [4.69, 9.17) is 4.74 Å². The van der Waals surface area contributed by atoms with Gasteiger partial charge >= 0.3 is 5.97 Å². The van der Waals surface area contributed by atoms with Crippen molar-refractivity contribution in [1.29, 1.82) is 0 Å². The highest BCUT2D eigenvalue weighted by atomic mass is 32.2. The maximum absolute atomic E-state index is 14.0. The van der Waals surface area contributed by atoms with Crippen LogP contribution in [0.25, 0.3) is 0 Å². The van der Waals surface area contributed by atoms with E-state index >= 15 is 0 Å². The highest BCUT2D eigenvalue weighted by molar-refractivity contribution is 8.02. The van der Waals surface area contributed by atoms with Gasteiger partial charge in [0.15, 0.2) is 4.75 Å². The number of ether oxygens (including phenoxy) is 1. The molecule has 170 valence electrons. The molecular formula is C26H32N2O3S. The van der Waals surface area contributed by atoms with Gasteiger partial charge in [-0.2, -0.15) is 0 Å². The summed E-state index contributed by atoms with van der Waals surface area (Å²) in [6, 6.07) is 18.0. The van der Waals surface area contributed by atoms with Crippen molar-refractivity contribution in [3.8, 4) is 0 Å². The number of anilines is 1. The summed E-state index contributed by atoms with van der Waals surface area (Å²) in [5.41, 5.74) is 2.02. The first-order valence-corrected chi connectivity index (χ1v) is 12.5. The summed E-state index contributed by atoms with van der Waals surface area (Å²) >= 11 is 1.37. The zero-order chi connectivity index (χ0) is 22.4. The summed E-state index contributed by atoms with van der Waals surface area (Å²) < 4.78 is 4.22. The van der Waals surface area contributed by atoms with Crippen LogP contribution in [0.3, 0.4) is 0 Å². The zero-order valence-electron chi connectivity index (χ0n) is 18.8. The quantitative estimate of drug-likeness (QED) is 0.435. The third-order valence-corrected chi connectivity index (χ3v) is 7.79. The zero-order valence-corrected chi connectivity index (χ0v) is 19.6. The molecule has 2 aromatic rings. The number of hydrogen-bond donors (Lipinski definition) is 0. The average molecular weight is 453 g/mol. The number of amides is 1. The third kappa shape index (κ3) is 4.86. The lowest BCUT2D eigenvalue weighted by Crippen LogP contribution is -2.56. The van der Waals surface area contributed by atoms with E-state index in [9.17, 15) is 9.59 Å². The molecule has 5 nitrogen and oxygen atoms in total. The van der Waals surface area contributed by atoms with Gasteiger partial charge in [-0.15, -0.1) is 0 Å². The lowest BCUT2D eigenvalue weighted by Gasteiger charge is -2.41. The van der Waals surface area contributed by atoms with Crippen LogP contribution in [0.1, 0.15) is 38.2 Å². The summed E-state index contributed by atoms with van der Waals surface area (Å²) in [7, 11) is 0. The second kappa shape index (κ2) is 10.5. The van der Waals surface area contributed by atoms with Crippen molar-refractivity contribution >= 4 is 29.3 Å². The highest BCUT2D eigenvalue weighted by Crippen LogP contribution is 2.48. The molecule has 0 saturated carbocycles. The number of nitrogens with zero attached hydrogens (tertiary/aromatic N) is 2. The molecule has 1 unspecified atom stereocenters. The van der Waals surface area contributed by atoms with Crippen molar-refractivity contribution < 1.29 is 14.3 Å². The molecule has 0 aliphatic carbocycles. The number of benzene rings is 2. The molecule has 2 aromatic carbocycles. The minimum absolute atomic E-state index is 0.146. The van der Waals surface area contributed by atoms with E-state index in [1.54, 1.807) is 6.92 Å². The van der Waals surface area contributed by atoms with Crippen molar-refractivity contribution in [3.63, 3.8) is 0 Å². The average Bonchev–Trinajstić information content (AvgIpc) is 2.84. The van der Waals surface area contributed by atoms with E-state index in [1.807, 2.05) is 59.5 Å². The number of hydrogen-bond acceptors (Lipinski definition) is 5. The van der Waals surface area contributed by atoms with Crippen LogP contribution in [0, 0.1) is 0 Å². The predicted molar refractivity (Wildman–Crippen MR) is 129 cm³/mol. The van der Waals surface area contributed by atoms with E-state index in [-0.39, 0.29) is 12.5 Å². The minimum Gasteiger partial charge on any atom is -0.465 e. The van der Waals surface area contributed by atoms with Crippen LogP contribution in [-0.4, -0.2) is 54.3 Å². The second-order valence-corrected chi connectivity index (χ2v) is 9.80. The Balaban J connectivity index is 1.63. The fraction of sp³-hybridized carbons (Fsp3) is 0.462. The van der Waals surface area contributed by atoms with Crippen molar-refractivity contribution in [1.82, 2.24) is 4.90 Å². The number of rotatable bonds is 8. The molecule has 1 amide bonds. The molecule has 32 heavy (non-hydrogen) atoms. The maximum Gasteiger partial charge on any atom is 0.332 e. The molecule has 2 aliphatic heterocycles. The first kappa shape index (κ1) is 22.9. The van der Waals surface area contributed by atoms with Crippen LogP contribution in [0.4, 0.5) is 5.69 Å². The summed E-state index contributed by atoms with van der Waals surface area (Å²) in [4.78, 5) is 32.5. The lowest BCUT2D eigenvalue weighted by atomic mass is 9.96. The normalized spacial score (nSPS) is 21.3. The largest absolute Gasteiger partial charge is 0.465 e. The molecule has 6 heteroatoms. The standard InChI is InChI=1S/C26H32N2O3S/c1-2-31-25(30)26(16-15-21-11-5-3-6-12-21)24(29)28(20-19-27-17-9-4-10-18-27)22-13-7-8-14-23(22)32-26/h3,5-8,11-14H,2,4,9-10,15-20H2,1H3. The van der Waals surface area contributed by atoms with Gasteiger partial charge in [-0.25, -0.2) is 4.79 Å². The van der Waals surface area contributed by atoms with Crippen molar-refractivity contribution in [3.05, 3.63) is 60.2 Å². The van der Waals surface area contributed by atoms with Gasteiger partial charge in [0.25, 0.3) is 5.91 Å². The van der Waals surface area contributed by atoms with Crippen LogP contribution < -0.4 is 4.90 Å². The molecule has 4 rings (SSSR count). The van der Waals surface area contributed by atoms with Gasteiger partial charge in [-0.3, -0.25) is 4.79 Å². The van der Waals surface area contributed by atoms with Crippen LogP contribution in [0.5, 0.6) is 0 Å². The number of aryl methyl sites for hydroxylation is 1. The summed E-state index contributed by atoms with van der Waals surface area (Å²) in [6.45, 7) is 5.62. The molecule has 1 atom stereocenters. The predicted octanol–water partition coefficient (Wildman–Crippen LogP) is 4.55. The van der Waals surface area contributed by atoms with Gasteiger partial charge in [0.05, 0.1) is 12.3 Å². The van der Waals surface area contributed by atoms with Gasteiger partial charge in [-0.05, 0) is 63.4 Å². The smallest absolute Gasteiger partial charge is 0.332 e. The Hall–Kier alpha value is -2.31. The Bertz CT molecular complexity index is 930. The molecule has 0 bridgehead atoms. The van der Waals surface area contributed by atoms with Crippen LogP contribution >= 0.6 is 11.8 Å².